The molecule has 1 saturated heterocycles. The predicted octanol–water partition coefficient (Wildman–Crippen LogP) is 5.40. The summed E-state index contributed by atoms with van der Waals surface area (Å²) in [5, 5.41) is 2.09. The van der Waals surface area contributed by atoms with E-state index in [2.05, 4.69) is 5.32 Å². The number of benzene rings is 3. The molecule has 0 bridgehead atoms. The van der Waals surface area contributed by atoms with E-state index in [0.29, 0.717) is 20.4 Å². The van der Waals surface area contributed by atoms with E-state index in [1.807, 2.05) is 22.6 Å². The second-order valence-electron chi connectivity index (χ2n) is 8.17. The first kappa shape index (κ1) is 28.6. The van der Waals surface area contributed by atoms with E-state index in [4.69, 9.17) is 8.92 Å². The van der Waals surface area contributed by atoms with Crippen molar-refractivity contribution in [2.24, 2.45) is 0 Å². The van der Waals surface area contributed by atoms with Crippen LogP contribution in [0.3, 0.4) is 0 Å². The van der Waals surface area contributed by atoms with Crippen molar-refractivity contribution in [1.82, 2.24) is 4.90 Å². The molecular formula is C26H20FIN2O7S2. The van der Waals surface area contributed by atoms with Gasteiger partial charge in [-0.05, 0) is 100 Å². The average molecular weight is 682 g/mol. The van der Waals surface area contributed by atoms with Gasteiger partial charge in [-0.2, -0.15) is 8.42 Å². The molecule has 1 N–H and O–H groups in total. The number of amides is 3. The summed E-state index contributed by atoms with van der Waals surface area (Å²) < 4.78 is 50.1. The third-order valence-electron chi connectivity index (χ3n) is 5.33. The number of nitrogens with zero attached hydrogens (tertiary/aromatic N) is 1. The van der Waals surface area contributed by atoms with Gasteiger partial charge in [-0.1, -0.05) is 12.1 Å². The molecule has 1 aliphatic rings. The maximum Gasteiger partial charge on any atom is 0.339 e. The number of hydrogen-bond donors (Lipinski definition) is 1. The fourth-order valence-electron chi connectivity index (χ4n) is 3.53. The predicted molar refractivity (Wildman–Crippen MR) is 152 cm³/mol. The van der Waals surface area contributed by atoms with E-state index in [1.54, 1.807) is 6.07 Å². The van der Waals surface area contributed by atoms with Crippen molar-refractivity contribution in [3.63, 3.8) is 0 Å². The van der Waals surface area contributed by atoms with Crippen molar-refractivity contribution in [2.75, 3.05) is 12.4 Å². The number of carbonyl (C=O) groups is 3. The summed E-state index contributed by atoms with van der Waals surface area (Å²) in [6, 6.07) is 14.1. The number of nitrogens with one attached hydrogen (secondary N) is 1. The highest BCUT2D eigenvalue weighted by Crippen LogP contribution is 2.39. The molecule has 3 aromatic rings. The molecule has 0 spiro atoms. The minimum absolute atomic E-state index is 0.000423. The Morgan fingerprint density at radius 3 is 2.38 bits per heavy atom. The first-order valence-electron chi connectivity index (χ1n) is 11.2. The van der Waals surface area contributed by atoms with Gasteiger partial charge in [0, 0.05) is 12.6 Å². The fraction of sp³-hybridized carbons (Fsp3) is 0.115. The van der Waals surface area contributed by atoms with Crippen molar-refractivity contribution < 1.29 is 36.1 Å². The first-order valence-corrected chi connectivity index (χ1v) is 14.5. The van der Waals surface area contributed by atoms with E-state index in [0.717, 1.165) is 16.7 Å². The summed E-state index contributed by atoms with van der Waals surface area (Å²) >= 11 is 2.65. The van der Waals surface area contributed by atoms with Crippen LogP contribution in [0.1, 0.15) is 18.1 Å². The SMILES string of the molecule is COc1cc(/C=C2\SC(=O)N(Cc3ccc(F)cc3)C2=O)cc(I)c1OS(=O)(=O)c1ccc(NC(C)=O)cc1. The molecule has 39 heavy (non-hydrogen) atoms. The molecule has 0 radical (unpaired) electrons. The van der Waals surface area contributed by atoms with Gasteiger partial charge in [0.2, 0.25) is 5.91 Å². The maximum absolute atomic E-state index is 13.2. The van der Waals surface area contributed by atoms with E-state index < -0.39 is 27.1 Å². The average Bonchev–Trinajstić information content (AvgIpc) is 3.13. The Balaban J connectivity index is 1.56. The monoisotopic (exact) mass is 682 g/mol. The van der Waals surface area contributed by atoms with Crippen LogP contribution in [0, 0.1) is 9.39 Å². The summed E-state index contributed by atoms with van der Waals surface area (Å²) in [5.74, 6) is -1.17. The lowest BCUT2D eigenvalue weighted by atomic mass is 10.1. The van der Waals surface area contributed by atoms with Crippen LogP contribution in [-0.2, 0) is 26.3 Å². The van der Waals surface area contributed by atoms with Crippen molar-refractivity contribution in [2.45, 2.75) is 18.4 Å². The second kappa shape index (κ2) is 11.8. The molecule has 202 valence electrons. The summed E-state index contributed by atoms with van der Waals surface area (Å²) in [6.45, 7) is 1.34. The zero-order valence-corrected chi connectivity index (χ0v) is 24.2. The molecule has 1 heterocycles. The van der Waals surface area contributed by atoms with Crippen LogP contribution in [0.25, 0.3) is 6.08 Å². The molecule has 3 aromatic carbocycles. The third kappa shape index (κ3) is 6.78. The van der Waals surface area contributed by atoms with Crippen molar-refractivity contribution in [3.8, 4) is 11.5 Å². The Labute approximate surface area is 241 Å². The molecule has 0 unspecified atom stereocenters. The normalized spacial score (nSPS) is 14.6. The molecular weight excluding hydrogens is 662 g/mol. The molecule has 9 nitrogen and oxygen atoms in total. The Kier molecular flexibility index (Phi) is 8.61. The minimum Gasteiger partial charge on any atom is -0.493 e. The number of imide groups is 1. The van der Waals surface area contributed by atoms with Crippen LogP contribution in [0.5, 0.6) is 11.5 Å². The smallest absolute Gasteiger partial charge is 0.339 e. The van der Waals surface area contributed by atoms with Gasteiger partial charge in [-0.25, -0.2) is 4.39 Å². The number of rotatable bonds is 8. The number of hydrogen-bond acceptors (Lipinski definition) is 8. The van der Waals surface area contributed by atoms with E-state index in [9.17, 15) is 27.2 Å². The summed E-state index contributed by atoms with van der Waals surface area (Å²) in [7, 11) is -2.91. The topological polar surface area (TPSA) is 119 Å². The third-order valence-corrected chi connectivity index (χ3v) is 8.28. The molecule has 0 saturated carbocycles. The van der Waals surface area contributed by atoms with Gasteiger partial charge in [0.25, 0.3) is 11.1 Å². The lowest BCUT2D eigenvalue weighted by molar-refractivity contribution is -0.123. The molecule has 3 amide bonds. The van der Waals surface area contributed by atoms with Gasteiger partial charge in [0.1, 0.15) is 10.7 Å². The standard InChI is InChI=1S/C26H20FIN2O7S2/c1-15(31)29-19-7-9-20(10-8-19)39(34,35)37-24-21(28)11-17(12-22(24)36-2)13-23-25(32)30(26(33)38-23)14-16-3-5-18(27)6-4-16/h3-13H,14H2,1-2H3,(H,29,31)/b23-13-. The lowest BCUT2D eigenvalue weighted by Gasteiger charge is -2.14. The summed E-state index contributed by atoms with van der Waals surface area (Å²) in [4.78, 5) is 37.7. The van der Waals surface area contributed by atoms with Crippen molar-refractivity contribution in [1.29, 1.82) is 0 Å². The zero-order valence-electron chi connectivity index (χ0n) is 20.4. The van der Waals surface area contributed by atoms with E-state index in [-0.39, 0.29) is 33.8 Å². The van der Waals surface area contributed by atoms with Crippen LogP contribution >= 0.6 is 34.4 Å². The van der Waals surface area contributed by atoms with Crippen LogP contribution in [-0.4, -0.2) is 37.5 Å². The lowest BCUT2D eigenvalue weighted by Crippen LogP contribution is -2.27. The molecule has 0 aliphatic carbocycles. The van der Waals surface area contributed by atoms with Crippen LogP contribution < -0.4 is 14.2 Å². The number of halogens is 2. The zero-order chi connectivity index (χ0) is 28.3. The summed E-state index contributed by atoms with van der Waals surface area (Å²) in [6.07, 6.45) is 1.50. The molecule has 1 fully saturated rings. The number of carbonyl (C=O) groups excluding carboxylic acids is 3. The van der Waals surface area contributed by atoms with E-state index >= 15 is 0 Å². The van der Waals surface area contributed by atoms with Gasteiger partial charge < -0.3 is 14.2 Å². The highest BCUT2D eigenvalue weighted by Gasteiger charge is 2.35. The molecule has 4 rings (SSSR count). The Morgan fingerprint density at radius 1 is 1.10 bits per heavy atom. The molecule has 0 atom stereocenters. The van der Waals surface area contributed by atoms with Crippen LogP contribution in [0.4, 0.5) is 14.9 Å². The Hall–Kier alpha value is -3.43. The Bertz CT molecular complexity index is 1590. The van der Waals surface area contributed by atoms with Gasteiger partial charge in [0.15, 0.2) is 11.5 Å². The van der Waals surface area contributed by atoms with Crippen LogP contribution in [0.2, 0.25) is 0 Å². The van der Waals surface area contributed by atoms with Crippen molar-refractivity contribution >= 4 is 73.3 Å². The quantitative estimate of drug-likeness (QED) is 0.191. The number of ether oxygens (including phenoxy) is 1. The van der Waals surface area contributed by atoms with Crippen molar-refractivity contribution in [3.05, 3.63) is 86.1 Å². The number of anilines is 1. The van der Waals surface area contributed by atoms with Gasteiger partial charge in [-0.15, -0.1) is 0 Å². The van der Waals surface area contributed by atoms with Gasteiger partial charge in [0.05, 0.1) is 22.1 Å². The minimum atomic E-state index is -4.25. The number of thioether (sulfide) groups is 1. The highest BCUT2D eigenvalue weighted by molar-refractivity contribution is 14.1. The van der Waals surface area contributed by atoms with Crippen LogP contribution in [0.15, 0.2) is 70.5 Å². The molecule has 13 heteroatoms. The first-order chi connectivity index (χ1) is 18.5. The van der Waals surface area contributed by atoms with Gasteiger partial charge in [-0.3, -0.25) is 19.3 Å². The Morgan fingerprint density at radius 2 is 1.77 bits per heavy atom. The number of methoxy groups -OCH3 is 1. The van der Waals surface area contributed by atoms with E-state index in [1.165, 1.54) is 74.7 Å². The molecule has 0 aromatic heterocycles. The second-order valence-corrected chi connectivity index (χ2v) is 11.9. The largest absolute Gasteiger partial charge is 0.493 e. The summed E-state index contributed by atoms with van der Waals surface area (Å²) in [5.41, 5.74) is 1.51. The fourth-order valence-corrected chi connectivity index (χ4v) is 6.21. The highest BCUT2D eigenvalue weighted by atomic mass is 127. The van der Waals surface area contributed by atoms with Gasteiger partial charge >= 0.3 is 10.1 Å². The molecule has 1 aliphatic heterocycles. The maximum atomic E-state index is 13.2.